The summed E-state index contributed by atoms with van der Waals surface area (Å²) in [6.07, 6.45) is 3.78. The smallest absolute Gasteiger partial charge is 0.0591 e. The first kappa shape index (κ1) is 10.0. The highest BCUT2D eigenvalue weighted by atomic mass is 16.5. The lowest BCUT2D eigenvalue weighted by Gasteiger charge is -2.04. The van der Waals surface area contributed by atoms with Crippen molar-refractivity contribution in [2.24, 2.45) is 5.92 Å². The van der Waals surface area contributed by atoms with Gasteiger partial charge in [-0.05, 0) is 18.8 Å². The van der Waals surface area contributed by atoms with Gasteiger partial charge in [0.1, 0.15) is 0 Å². The van der Waals surface area contributed by atoms with E-state index >= 15 is 0 Å². The largest absolute Gasteiger partial charge is 0.380 e. The molecule has 2 heteroatoms. The van der Waals surface area contributed by atoms with E-state index in [1.54, 1.807) is 0 Å². The minimum Gasteiger partial charge on any atom is -0.380 e. The van der Waals surface area contributed by atoms with E-state index in [1.165, 1.54) is 19.3 Å². The Hall–Kier alpha value is -0.0800. The predicted molar refractivity (Wildman–Crippen MR) is 51.3 cm³/mol. The Morgan fingerprint density at radius 1 is 1.42 bits per heavy atom. The first-order valence-corrected chi connectivity index (χ1v) is 5.15. The fourth-order valence-corrected chi connectivity index (χ4v) is 1.27. The first-order valence-electron chi connectivity index (χ1n) is 5.15. The zero-order chi connectivity index (χ0) is 8.81. The van der Waals surface area contributed by atoms with Crippen LogP contribution >= 0.6 is 0 Å². The van der Waals surface area contributed by atoms with Crippen molar-refractivity contribution in [2.45, 2.75) is 39.2 Å². The molecule has 0 aromatic carbocycles. The van der Waals surface area contributed by atoms with Crippen molar-refractivity contribution in [3.63, 3.8) is 0 Å². The molecule has 0 aromatic rings. The molecule has 0 saturated heterocycles. The van der Waals surface area contributed by atoms with Crippen molar-refractivity contribution in [3.8, 4) is 0 Å². The molecule has 0 aliphatic heterocycles. The molecule has 2 atom stereocenters. The zero-order valence-corrected chi connectivity index (χ0v) is 8.31. The lowest BCUT2D eigenvalue weighted by atomic mass is 10.4. The van der Waals surface area contributed by atoms with Crippen molar-refractivity contribution in [3.05, 3.63) is 0 Å². The van der Waals surface area contributed by atoms with E-state index in [9.17, 15) is 0 Å². The SMILES string of the molecule is CCCCOCCNC1CC1C. The highest BCUT2D eigenvalue weighted by molar-refractivity contribution is 4.89. The Morgan fingerprint density at radius 3 is 2.75 bits per heavy atom. The van der Waals surface area contributed by atoms with Gasteiger partial charge < -0.3 is 10.1 Å². The van der Waals surface area contributed by atoms with E-state index < -0.39 is 0 Å². The van der Waals surface area contributed by atoms with Crippen LogP contribution in [0.1, 0.15) is 33.1 Å². The molecule has 0 radical (unpaired) electrons. The molecule has 2 unspecified atom stereocenters. The molecule has 1 rings (SSSR count). The van der Waals surface area contributed by atoms with Gasteiger partial charge in [-0.3, -0.25) is 0 Å². The molecule has 1 N–H and O–H groups in total. The van der Waals surface area contributed by atoms with Crippen LogP contribution in [0.5, 0.6) is 0 Å². The number of unbranched alkanes of at least 4 members (excludes halogenated alkanes) is 1. The molecule has 1 aliphatic carbocycles. The second-order valence-corrected chi connectivity index (χ2v) is 3.74. The molecule has 0 heterocycles. The second-order valence-electron chi connectivity index (χ2n) is 3.74. The molecular weight excluding hydrogens is 150 g/mol. The Morgan fingerprint density at radius 2 is 2.17 bits per heavy atom. The lowest BCUT2D eigenvalue weighted by molar-refractivity contribution is 0.132. The molecule has 0 aromatic heterocycles. The van der Waals surface area contributed by atoms with Gasteiger partial charge >= 0.3 is 0 Å². The summed E-state index contributed by atoms with van der Waals surface area (Å²) in [5, 5.41) is 3.46. The van der Waals surface area contributed by atoms with Crippen LogP contribution in [0.25, 0.3) is 0 Å². The van der Waals surface area contributed by atoms with E-state index in [-0.39, 0.29) is 0 Å². The van der Waals surface area contributed by atoms with Gasteiger partial charge in [-0.15, -0.1) is 0 Å². The molecule has 1 saturated carbocycles. The van der Waals surface area contributed by atoms with E-state index in [1.807, 2.05) is 0 Å². The molecule has 1 aliphatic rings. The zero-order valence-electron chi connectivity index (χ0n) is 8.31. The minimum absolute atomic E-state index is 0.791. The van der Waals surface area contributed by atoms with E-state index in [0.717, 1.165) is 31.7 Å². The van der Waals surface area contributed by atoms with E-state index in [0.29, 0.717) is 0 Å². The molecule has 1 fully saturated rings. The van der Waals surface area contributed by atoms with Gasteiger partial charge in [0.25, 0.3) is 0 Å². The standard InChI is InChI=1S/C10H21NO/c1-3-4-6-12-7-5-11-10-8-9(10)2/h9-11H,3-8H2,1-2H3. The quantitative estimate of drug-likeness (QED) is 0.590. The fourth-order valence-electron chi connectivity index (χ4n) is 1.27. The summed E-state index contributed by atoms with van der Waals surface area (Å²) in [6.45, 7) is 7.31. The number of hydrogen-bond acceptors (Lipinski definition) is 2. The summed E-state index contributed by atoms with van der Waals surface area (Å²) >= 11 is 0. The van der Waals surface area contributed by atoms with Crippen molar-refractivity contribution in [2.75, 3.05) is 19.8 Å². The summed E-state index contributed by atoms with van der Waals surface area (Å²) in [4.78, 5) is 0. The molecule has 0 amide bonds. The van der Waals surface area contributed by atoms with Gasteiger partial charge in [0.2, 0.25) is 0 Å². The molecular formula is C10H21NO. The van der Waals surface area contributed by atoms with Crippen LogP contribution in [0, 0.1) is 5.92 Å². The van der Waals surface area contributed by atoms with Crippen LogP contribution in [0.2, 0.25) is 0 Å². The molecule has 72 valence electrons. The monoisotopic (exact) mass is 171 g/mol. The molecule has 0 spiro atoms. The van der Waals surface area contributed by atoms with Crippen LogP contribution in [0.3, 0.4) is 0 Å². The Balaban J connectivity index is 1.72. The van der Waals surface area contributed by atoms with Crippen molar-refractivity contribution < 1.29 is 4.74 Å². The summed E-state index contributed by atoms with van der Waals surface area (Å²) in [5.41, 5.74) is 0. The van der Waals surface area contributed by atoms with Gasteiger partial charge in [0, 0.05) is 19.2 Å². The van der Waals surface area contributed by atoms with Crippen LogP contribution in [0.15, 0.2) is 0 Å². The average molecular weight is 171 g/mol. The first-order chi connectivity index (χ1) is 5.84. The Labute approximate surface area is 75.7 Å². The number of rotatable bonds is 7. The van der Waals surface area contributed by atoms with Crippen molar-refractivity contribution in [1.29, 1.82) is 0 Å². The summed E-state index contributed by atoms with van der Waals surface area (Å²) in [5.74, 6) is 0.903. The van der Waals surface area contributed by atoms with E-state index in [4.69, 9.17) is 4.74 Å². The third-order valence-electron chi connectivity index (χ3n) is 2.40. The second kappa shape index (κ2) is 5.55. The van der Waals surface area contributed by atoms with E-state index in [2.05, 4.69) is 19.2 Å². The minimum atomic E-state index is 0.791. The number of nitrogens with one attached hydrogen (secondary N) is 1. The van der Waals surface area contributed by atoms with Crippen LogP contribution < -0.4 is 5.32 Å². The maximum atomic E-state index is 5.42. The van der Waals surface area contributed by atoms with Gasteiger partial charge in [-0.2, -0.15) is 0 Å². The highest BCUT2D eigenvalue weighted by Gasteiger charge is 2.31. The molecule has 2 nitrogen and oxygen atoms in total. The Kier molecular flexibility index (Phi) is 4.62. The highest BCUT2D eigenvalue weighted by Crippen LogP contribution is 2.28. The normalized spacial score (nSPS) is 27.5. The third-order valence-corrected chi connectivity index (χ3v) is 2.40. The van der Waals surface area contributed by atoms with Crippen LogP contribution in [0.4, 0.5) is 0 Å². The number of hydrogen-bond donors (Lipinski definition) is 1. The van der Waals surface area contributed by atoms with Crippen LogP contribution in [-0.2, 0) is 4.74 Å². The average Bonchev–Trinajstić information content (AvgIpc) is 2.74. The Bertz CT molecular complexity index is 116. The molecule has 12 heavy (non-hydrogen) atoms. The van der Waals surface area contributed by atoms with Crippen molar-refractivity contribution in [1.82, 2.24) is 5.32 Å². The van der Waals surface area contributed by atoms with Gasteiger partial charge in [-0.1, -0.05) is 20.3 Å². The maximum Gasteiger partial charge on any atom is 0.0591 e. The molecule has 0 bridgehead atoms. The number of ether oxygens (including phenoxy) is 1. The van der Waals surface area contributed by atoms with Crippen LogP contribution in [-0.4, -0.2) is 25.8 Å². The summed E-state index contributed by atoms with van der Waals surface area (Å²) < 4.78 is 5.42. The van der Waals surface area contributed by atoms with Gasteiger partial charge in [0.05, 0.1) is 6.61 Å². The summed E-state index contributed by atoms with van der Waals surface area (Å²) in [6, 6.07) is 0.791. The van der Waals surface area contributed by atoms with Crippen molar-refractivity contribution >= 4 is 0 Å². The fraction of sp³-hybridized carbons (Fsp3) is 1.00. The third kappa shape index (κ3) is 4.07. The lowest BCUT2D eigenvalue weighted by Crippen LogP contribution is -2.23. The van der Waals surface area contributed by atoms with Gasteiger partial charge in [-0.25, -0.2) is 0 Å². The maximum absolute atomic E-state index is 5.42. The predicted octanol–water partition coefficient (Wildman–Crippen LogP) is 1.80. The topological polar surface area (TPSA) is 21.3 Å². The van der Waals surface area contributed by atoms with Gasteiger partial charge in [0.15, 0.2) is 0 Å². The summed E-state index contributed by atoms with van der Waals surface area (Å²) in [7, 11) is 0.